The van der Waals surface area contributed by atoms with Crippen LogP contribution in [-0.4, -0.2) is 49.6 Å². The van der Waals surface area contributed by atoms with Crippen LogP contribution in [0.2, 0.25) is 0 Å². The van der Waals surface area contributed by atoms with Crippen LogP contribution in [0.25, 0.3) is 0 Å². The molecular weight excluding hydrogens is 327 g/mol. The van der Waals surface area contributed by atoms with Crippen molar-refractivity contribution in [2.45, 2.75) is 50.6 Å². The monoisotopic (exact) mass is 346 g/mol. The standard InChI is InChI=1S/C13H19N2O7P/c1-13(2)21-9-7(4-6-23(18)19)20-11(10(9)22-13)15-5-3-8(16)14-12(15)17/h3,5,7,9-11,18-19H,4,6H2,1-2H3,(H,14,16,17)/t7-,9-,10-,11-/m1/s1. The average Bonchev–Trinajstić information content (AvgIpc) is 2.90. The van der Waals surface area contributed by atoms with Crippen molar-refractivity contribution in [3.05, 3.63) is 33.1 Å². The van der Waals surface area contributed by atoms with Gasteiger partial charge in [0.1, 0.15) is 12.2 Å². The van der Waals surface area contributed by atoms with Gasteiger partial charge in [-0.2, -0.15) is 0 Å². The molecule has 1 aromatic rings. The Hall–Kier alpha value is -1.09. The van der Waals surface area contributed by atoms with Crippen LogP contribution >= 0.6 is 8.38 Å². The van der Waals surface area contributed by atoms with E-state index < -0.39 is 50.0 Å². The molecule has 3 rings (SSSR count). The molecule has 0 spiro atoms. The van der Waals surface area contributed by atoms with Gasteiger partial charge < -0.3 is 24.0 Å². The molecule has 0 radical (unpaired) electrons. The van der Waals surface area contributed by atoms with Gasteiger partial charge in [-0.3, -0.25) is 14.3 Å². The number of rotatable bonds is 4. The van der Waals surface area contributed by atoms with Gasteiger partial charge in [0.2, 0.25) is 0 Å². The van der Waals surface area contributed by atoms with Crippen molar-refractivity contribution in [1.82, 2.24) is 9.55 Å². The van der Waals surface area contributed by atoms with E-state index in [2.05, 4.69) is 4.98 Å². The Bertz CT molecular complexity index is 685. The van der Waals surface area contributed by atoms with Crippen LogP contribution in [0.15, 0.2) is 21.9 Å². The first-order valence-corrected chi connectivity index (χ1v) is 8.68. The van der Waals surface area contributed by atoms with Crippen molar-refractivity contribution in [2.24, 2.45) is 0 Å². The minimum absolute atomic E-state index is 0.181. The average molecular weight is 346 g/mol. The summed E-state index contributed by atoms with van der Waals surface area (Å²) < 4.78 is 18.8. The molecule has 0 saturated carbocycles. The maximum absolute atomic E-state index is 12.0. The summed E-state index contributed by atoms with van der Waals surface area (Å²) in [6.45, 7) is 3.53. The van der Waals surface area contributed by atoms with Crippen LogP contribution < -0.4 is 11.2 Å². The molecule has 4 atom stereocenters. The van der Waals surface area contributed by atoms with Gasteiger partial charge in [-0.25, -0.2) is 4.79 Å². The number of hydrogen-bond acceptors (Lipinski definition) is 7. The second kappa shape index (κ2) is 6.08. The maximum Gasteiger partial charge on any atom is 0.330 e. The van der Waals surface area contributed by atoms with E-state index in [0.29, 0.717) is 6.42 Å². The predicted octanol–water partition coefficient (Wildman–Crippen LogP) is -0.359. The molecule has 0 unspecified atom stereocenters. The summed E-state index contributed by atoms with van der Waals surface area (Å²) in [5, 5.41) is 0. The first kappa shape index (κ1) is 16.8. The van der Waals surface area contributed by atoms with Gasteiger partial charge in [-0.05, 0) is 20.3 Å². The fourth-order valence-corrected chi connectivity index (χ4v) is 3.47. The van der Waals surface area contributed by atoms with Crippen molar-refractivity contribution >= 4 is 8.38 Å². The number of H-pyrrole nitrogens is 1. The number of aromatic nitrogens is 2. The molecule has 10 heteroatoms. The highest BCUT2D eigenvalue weighted by molar-refractivity contribution is 7.45. The van der Waals surface area contributed by atoms with Gasteiger partial charge in [0.15, 0.2) is 20.4 Å². The molecule has 3 N–H and O–H groups in total. The first-order chi connectivity index (χ1) is 10.8. The molecule has 0 amide bonds. The Balaban J connectivity index is 1.88. The molecule has 128 valence electrons. The zero-order valence-corrected chi connectivity index (χ0v) is 13.6. The summed E-state index contributed by atoms with van der Waals surface area (Å²) in [4.78, 5) is 43.6. The molecule has 0 aliphatic carbocycles. The van der Waals surface area contributed by atoms with Crippen molar-refractivity contribution in [1.29, 1.82) is 0 Å². The SMILES string of the molecule is CC1(C)O[C@@H]2[C@H](O1)[C@@H](CCP(O)O)O[C@H]2n1ccc(=O)[nH]c1=O. The van der Waals surface area contributed by atoms with Crippen LogP contribution in [-0.2, 0) is 14.2 Å². The number of aromatic amines is 1. The van der Waals surface area contributed by atoms with E-state index in [9.17, 15) is 9.59 Å². The quantitative estimate of drug-likeness (QED) is 0.636. The summed E-state index contributed by atoms with van der Waals surface area (Å²) in [7, 11) is -2.03. The normalized spacial score (nSPS) is 32.4. The van der Waals surface area contributed by atoms with E-state index in [4.69, 9.17) is 24.0 Å². The van der Waals surface area contributed by atoms with Crippen LogP contribution in [0.4, 0.5) is 0 Å². The largest absolute Gasteiger partial charge is 0.350 e. The van der Waals surface area contributed by atoms with Gasteiger partial charge in [0.05, 0.1) is 6.10 Å². The highest BCUT2D eigenvalue weighted by Crippen LogP contribution is 2.44. The summed E-state index contributed by atoms with van der Waals surface area (Å²) in [6, 6.07) is 1.23. The van der Waals surface area contributed by atoms with Crippen molar-refractivity contribution in [3.63, 3.8) is 0 Å². The fourth-order valence-electron chi connectivity index (χ4n) is 2.99. The fraction of sp³-hybridized carbons (Fsp3) is 0.692. The smallest absolute Gasteiger partial charge is 0.330 e. The van der Waals surface area contributed by atoms with Gasteiger partial charge in [0.25, 0.3) is 5.56 Å². The second-order valence-electron chi connectivity index (χ2n) is 6.03. The Morgan fingerprint density at radius 3 is 2.65 bits per heavy atom. The molecule has 23 heavy (non-hydrogen) atoms. The highest BCUT2D eigenvalue weighted by Gasteiger charge is 2.55. The summed E-state index contributed by atoms with van der Waals surface area (Å²) in [5.74, 6) is -0.829. The van der Waals surface area contributed by atoms with E-state index >= 15 is 0 Å². The lowest BCUT2D eigenvalue weighted by molar-refractivity contribution is -0.197. The molecule has 2 saturated heterocycles. The highest BCUT2D eigenvalue weighted by atomic mass is 31.2. The lowest BCUT2D eigenvalue weighted by atomic mass is 10.1. The summed E-state index contributed by atoms with van der Waals surface area (Å²) >= 11 is 0. The van der Waals surface area contributed by atoms with Crippen molar-refractivity contribution < 1.29 is 24.0 Å². The van der Waals surface area contributed by atoms with E-state index in [1.807, 2.05) is 0 Å². The summed E-state index contributed by atoms with van der Waals surface area (Å²) in [6.07, 6.45) is -0.236. The zero-order valence-electron chi connectivity index (χ0n) is 12.7. The third kappa shape index (κ3) is 3.40. The van der Waals surface area contributed by atoms with E-state index in [0.717, 1.165) is 0 Å². The maximum atomic E-state index is 12.0. The Morgan fingerprint density at radius 1 is 1.30 bits per heavy atom. The van der Waals surface area contributed by atoms with Crippen LogP contribution in [0.3, 0.4) is 0 Å². The summed E-state index contributed by atoms with van der Waals surface area (Å²) in [5.41, 5.74) is -1.09. The first-order valence-electron chi connectivity index (χ1n) is 7.25. The third-order valence-electron chi connectivity index (χ3n) is 3.86. The topological polar surface area (TPSA) is 123 Å². The molecule has 0 aromatic carbocycles. The number of ether oxygens (including phenoxy) is 3. The van der Waals surface area contributed by atoms with Gasteiger partial charge >= 0.3 is 5.69 Å². The molecule has 2 aliphatic heterocycles. The van der Waals surface area contributed by atoms with Gasteiger partial charge in [-0.15, -0.1) is 0 Å². The van der Waals surface area contributed by atoms with Crippen LogP contribution in [0.5, 0.6) is 0 Å². The molecule has 0 bridgehead atoms. The van der Waals surface area contributed by atoms with E-state index in [-0.39, 0.29) is 6.16 Å². The molecule has 3 heterocycles. The minimum atomic E-state index is -2.03. The van der Waals surface area contributed by atoms with Gasteiger partial charge in [-0.1, -0.05) is 0 Å². The van der Waals surface area contributed by atoms with E-state index in [1.165, 1.54) is 16.8 Å². The Kier molecular flexibility index (Phi) is 4.43. The van der Waals surface area contributed by atoms with E-state index in [1.54, 1.807) is 13.8 Å². The Labute approximate surface area is 132 Å². The van der Waals surface area contributed by atoms with Crippen molar-refractivity contribution in [2.75, 3.05) is 6.16 Å². The third-order valence-corrected chi connectivity index (χ3v) is 4.52. The van der Waals surface area contributed by atoms with Crippen molar-refractivity contribution in [3.8, 4) is 0 Å². The number of hydrogen-bond donors (Lipinski definition) is 3. The lowest BCUT2D eigenvalue weighted by Crippen LogP contribution is -2.37. The lowest BCUT2D eigenvalue weighted by Gasteiger charge is -2.24. The number of nitrogens with zero attached hydrogens (tertiary/aromatic N) is 1. The second-order valence-corrected chi connectivity index (χ2v) is 7.22. The van der Waals surface area contributed by atoms with Gasteiger partial charge in [0, 0.05) is 18.4 Å². The minimum Gasteiger partial charge on any atom is -0.350 e. The molecule has 1 aromatic heterocycles. The molecule has 2 fully saturated rings. The molecule has 9 nitrogen and oxygen atoms in total. The zero-order chi connectivity index (χ0) is 16.8. The number of nitrogens with one attached hydrogen (secondary N) is 1. The molecule has 2 aliphatic rings. The van der Waals surface area contributed by atoms with Crippen LogP contribution in [0.1, 0.15) is 26.5 Å². The predicted molar refractivity (Wildman–Crippen MR) is 79.9 cm³/mol. The number of fused-ring (bicyclic) bond motifs is 1. The Morgan fingerprint density at radius 2 is 2.00 bits per heavy atom. The van der Waals surface area contributed by atoms with Crippen LogP contribution in [0, 0.1) is 0 Å². The molecular formula is C13H19N2O7P.